The molecule has 142 valence electrons. The van der Waals surface area contributed by atoms with Gasteiger partial charge in [0.1, 0.15) is 0 Å². The molecule has 1 N–H and O–H groups in total. The predicted octanol–water partition coefficient (Wildman–Crippen LogP) is 2.95. The molecule has 2 heterocycles. The molecule has 1 unspecified atom stereocenters. The van der Waals surface area contributed by atoms with Crippen LogP contribution in [0.4, 0.5) is 13.2 Å². The van der Waals surface area contributed by atoms with Gasteiger partial charge in [-0.15, -0.1) is 0 Å². The van der Waals surface area contributed by atoms with Gasteiger partial charge < -0.3 is 5.32 Å². The van der Waals surface area contributed by atoms with E-state index in [1.165, 1.54) is 4.68 Å². The number of hydrogen-bond donors (Lipinski definition) is 1. The van der Waals surface area contributed by atoms with Gasteiger partial charge in [0.05, 0.1) is 24.7 Å². The van der Waals surface area contributed by atoms with E-state index in [1.807, 2.05) is 19.2 Å². The van der Waals surface area contributed by atoms with Crippen molar-refractivity contribution in [1.82, 2.24) is 24.9 Å². The number of amides is 1. The zero-order valence-corrected chi connectivity index (χ0v) is 14.8. The maximum absolute atomic E-state index is 12.9. The molecular weight excluding hydrogens is 347 g/mol. The highest BCUT2D eigenvalue weighted by atomic mass is 19.4. The zero-order valence-electron chi connectivity index (χ0n) is 14.8. The number of carbonyl (C=O) groups is 1. The van der Waals surface area contributed by atoms with Crippen molar-refractivity contribution >= 4 is 5.91 Å². The summed E-state index contributed by atoms with van der Waals surface area (Å²) < 4.78 is 41.9. The quantitative estimate of drug-likeness (QED) is 0.816. The molecule has 9 heteroatoms. The number of aromatic nitrogens is 4. The molecule has 2 aromatic rings. The Morgan fingerprint density at radius 1 is 1.38 bits per heavy atom. The third-order valence-electron chi connectivity index (χ3n) is 4.46. The second kappa shape index (κ2) is 7.13. The van der Waals surface area contributed by atoms with Crippen molar-refractivity contribution < 1.29 is 18.0 Å². The molecule has 0 radical (unpaired) electrons. The normalized spacial score (nSPS) is 15.9. The SMILES string of the molecule is CCn1ccc(CNC(=O)C(C)Cn2nc(C(F)(F)F)cc2C2CC2)n1. The Bertz CT molecular complexity index is 776. The summed E-state index contributed by atoms with van der Waals surface area (Å²) in [4.78, 5) is 12.3. The van der Waals surface area contributed by atoms with Crippen LogP contribution in [0.3, 0.4) is 0 Å². The molecule has 1 fully saturated rings. The summed E-state index contributed by atoms with van der Waals surface area (Å²) >= 11 is 0. The lowest BCUT2D eigenvalue weighted by molar-refractivity contribution is -0.141. The van der Waals surface area contributed by atoms with E-state index in [4.69, 9.17) is 0 Å². The van der Waals surface area contributed by atoms with Crippen molar-refractivity contribution in [2.24, 2.45) is 5.92 Å². The van der Waals surface area contributed by atoms with Crippen molar-refractivity contribution in [3.63, 3.8) is 0 Å². The molecule has 0 aromatic carbocycles. The summed E-state index contributed by atoms with van der Waals surface area (Å²) in [6.07, 6.45) is -0.916. The molecule has 1 saturated carbocycles. The van der Waals surface area contributed by atoms with Gasteiger partial charge in [-0.05, 0) is 31.9 Å². The van der Waals surface area contributed by atoms with Crippen LogP contribution in [0.1, 0.15) is 49.7 Å². The van der Waals surface area contributed by atoms with Gasteiger partial charge >= 0.3 is 6.18 Å². The third-order valence-corrected chi connectivity index (χ3v) is 4.46. The summed E-state index contributed by atoms with van der Waals surface area (Å²) in [5, 5.41) is 10.8. The number of rotatable bonds is 7. The maximum atomic E-state index is 12.9. The standard InChI is InChI=1S/C17H22F3N5O/c1-3-24-7-6-13(22-24)9-21-16(26)11(2)10-25-14(12-4-5-12)8-15(23-25)17(18,19)20/h6-8,11-12H,3-5,9-10H2,1-2H3,(H,21,26). The molecule has 2 aromatic heterocycles. The fraction of sp³-hybridized carbons (Fsp3) is 0.588. The first kappa shape index (κ1) is 18.5. The van der Waals surface area contributed by atoms with Gasteiger partial charge in [0.2, 0.25) is 5.91 Å². The predicted molar refractivity (Wildman–Crippen MR) is 88.1 cm³/mol. The minimum atomic E-state index is -4.47. The molecule has 0 aliphatic heterocycles. The van der Waals surface area contributed by atoms with E-state index < -0.39 is 17.8 Å². The summed E-state index contributed by atoms with van der Waals surface area (Å²) in [6, 6.07) is 2.93. The first-order valence-corrected chi connectivity index (χ1v) is 8.73. The Balaban J connectivity index is 1.62. The van der Waals surface area contributed by atoms with Crippen LogP contribution < -0.4 is 5.32 Å². The van der Waals surface area contributed by atoms with Crippen LogP contribution in [-0.4, -0.2) is 25.5 Å². The van der Waals surface area contributed by atoms with E-state index in [1.54, 1.807) is 11.6 Å². The summed E-state index contributed by atoms with van der Waals surface area (Å²) in [7, 11) is 0. The lowest BCUT2D eigenvalue weighted by Gasteiger charge is -2.14. The van der Waals surface area contributed by atoms with Gasteiger partial charge in [-0.1, -0.05) is 6.92 Å². The molecule has 1 atom stereocenters. The lowest BCUT2D eigenvalue weighted by Crippen LogP contribution is -2.32. The first-order chi connectivity index (χ1) is 12.3. The van der Waals surface area contributed by atoms with E-state index >= 15 is 0 Å². The fourth-order valence-corrected chi connectivity index (χ4v) is 2.79. The smallest absolute Gasteiger partial charge is 0.350 e. The maximum Gasteiger partial charge on any atom is 0.435 e. The summed E-state index contributed by atoms with van der Waals surface area (Å²) in [5.74, 6) is -0.615. The molecular formula is C17H22F3N5O. The van der Waals surface area contributed by atoms with Crippen molar-refractivity contribution in [2.45, 2.75) is 58.4 Å². The Hall–Kier alpha value is -2.32. The average molecular weight is 369 g/mol. The van der Waals surface area contributed by atoms with E-state index in [0.29, 0.717) is 12.2 Å². The summed E-state index contributed by atoms with van der Waals surface area (Å²) in [6.45, 7) is 4.81. The molecule has 6 nitrogen and oxygen atoms in total. The van der Waals surface area contributed by atoms with Crippen LogP contribution in [0, 0.1) is 5.92 Å². The van der Waals surface area contributed by atoms with Crippen LogP contribution in [-0.2, 0) is 30.6 Å². The highest BCUT2D eigenvalue weighted by Gasteiger charge is 2.38. The molecule has 26 heavy (non-hydrogen) atoms. The number of aryl methyl sites for hydroxylation is 1. The number of alkyl halides is 3. The number of halogens is 3. The van der Waals surface area contributed by atoms with Crippen LogP contribution in [0.25, 0.3) is 0 Å². The molecule has 0 bridgehead atoms. The lowest BCUT2D eigenvalue weighted by atomic mass is 10.1. The number of hydrogen-bond acceptors (Lipinski definition) is 3. The molecule has 0 saturated heterocycles. The zero-order chi connectivity index (χ0) is 18.9. The largest absolute Gasteiger partial charge is 0.435 e. The highest BCUT2D eigenvalue weighted by molar-refractivity contribution is 5.78. The van der Waals surface area contributed by atoms with Gasteiger partial charge in [0, 0.05) is 24.4 Å². The van der Waals surface area contributed by atoms with Gasteiger partial charge in [0.15, 0.2) is 5.69 Å². The number of carbonyl (C=O) groups excluding carboxylic acids is 1. The van der Waals surface area contributed by atoms with Crippen LogP contribution in [0.15, 0.2) is 18.3 Å². The van der Waals surface area contributed by atoms with Gasteiger partial charge in [0.25, 0.3) is 0 Å². The van der Waals surface area contributed by atoms with Crippen LogP contribution in [0.2, 0.25) is 0 Å². The molecule has 1 aliphatic rings. The van der Waals surface area contributed by atoms with Crippen molar-refractivity contribution in [3.8, 4) is 0 Å². The summed E-state index contributed by atoms with van der Waals surface area (Å²) in [5.41, 5.74) is 0.417. The molecule has 1 aliphatic carbocycles. The number of nitrogens with one attached hydrogen (secondary N) is 1. The van der Waals surface area contributed by atoms with Gasteiger partial charge in [-0.25, -0.2) is 0 Å². The second-order valence-corrected chi connectivity index (χ2v) is 6.69. The first-order valence-electron chi connectivity index (χ1n) is 8.73. The van der Waals surface area contributed by atoms with Gasteiger partial charge in [-0.3, -0.25) is 14.2 Å². The van der Waals surface area contributed by atoms with Crippen molar-refractivity contribution in [3.05, 3.63) is 35.4 Å². The Labute approximate surface area is 149 Å². The third kappa shape index (κ3) is 4.25. The Morgan fingerprint density at radius 3 is 2.69 bits per heavy atom. The van der Waals surface area contributed by atoms with E-state index in [-0.39, 0.29) is 18.4 Å². The van der Waals surface area contributed by atoms with E-state index in [2.05, 4.69) is 15.5 Å². The average Bonchev–Trinajstić information content (AvgIpc) is 3.16. The Morgan fingerprint density at radius 2 is 2.12 bits per heavy atom. The minimum Gasteiger partial charge on any atom is -0.350 e. The topological polar surface area (TPSA) is 64.7 Å². The van der Waals surface area contributed by atoms with E-state index in [9.17, 15) is 18.0 Å². The Kier molecular flexibility index (Phi) is 5.06. The highest BCUT2D eigenvalue weighted by Crippen LogP contribution is 2.42. The van der Waals surface area contributed by atoms with Crippen molar-refractivity contribution in [2.75, 3.05) is 0 Å². The van der Waals surface area contributed by atoms with Crippen molar-refractivity contribution in [1.29, 1.82) is 0 Å². The monoisotopic (exact) mass is 369 g/mol. The second-order valence-electron chi connectivity index (χ2n) is 6.69. The van der Waals surface area contributed by atoms with Gasteiger partial charge in [-0.2, -0.15) is 23.4 Å². The molecule has 0 spiro atoms. The van der Waals surface area contributed by atoms with Crippen LogP contribution >= 0.6 is 0 Å². The molecule has 1 amide bonds. The van der Waals surface area contributed by atoms with E-state index in [0.717, 1.165) is 31.1 Å². The molecule has 3 rings (SSSR count). The fourth-order valence-electron chi connectivity index (χ4n) is 2.79. The van der Waals surface area contributed by atoms with Crippen LogP contribution in [0.5, 0.6) is 0 Å². The number of nitrogens with zero attached hydrogens (tertiary/aromatic N) is 4. The minimum absolute atomic E-state index is 0.117.